The Bertz CT molecular complexity index is 1310. The summed E-state index contributed by atoms with van der Waals surface area (Å²) in [4.78, 5) is 23.3. The third-order valence-electron chi connectivity index (χ3n) is 5.62. The van der Waals surface area contributed by atoms with Crippen molar-refractivity contribution in [2.75, 3.05) is 19.0 Å². The summed E-state index contributed by atoms with van der Waals surface area (Å²) in [6.45, 7) is 2.64. The third-order valence-corrected chi connectivity index (χ3v) is 7.12. The van der Waals surface area contributed by atoms with Gasteiger partial charge in [-0.2, -0.15) is 0 Å². The van der Waals surface area contributed by atoms with E-state index >= 15 is 0 Å². The molecule has 3 rings (SSSR count). The average molecular weight is 526 g/mol. The number of amides is 2. The molecule has 0 aliphatic heterocycles. The molecular formula is C27H31N3O6S. The number of aliphatic carboxylic acids is 1. The van der Waals surface area contributed by atoms with Crippen LogP contribution in [0.3, 0.4) is 0 Å². The summed E-state index contributed by atoms with van der Waals surface area (Å²) in [5, 5.41) is 14.9. The zero-order valence-corrected chi connectivity index (χ0v) is 21.5. The number of carboxylic acids is 1. The van der Waals surface area contributed by atoms with Gasteiger partial charge in [-0.05, 0) is 47.4 Å². The smallest absolute Gasteiger partial charge is 0.319 e. The molecule has 9 nitrogen and oxygen atoms in total. The Morgan fingerprint density at radius 3 is 2.27 bits per heavy atom. The second-order valence-electron chi connectivity index (χ2n) is 8.36. The lowest BCUT2D eigenvalue weighted by molar-refractivity contribution is -0.137. The van der Waals surface area contributed by atoms with Crippen LogP contribution in [0.15, 0.2) is 77.7 Å². The molecule has 0 saturated carbocycles. The number of ether oxygens (including phenoxy) is 1. The third kappa shape index (κ3) is 7.80. The van der Waals surface area contributed by atoms with Crippen LogP contribution in [0.2, 0.25) is 0 Å². The minimum atomic E-state index is -4.17. The molecule has 0 aliphatic rings. The van der Waals surface area contributed by atoms with Gasteiger partial charge < -0.3 is 20.5 Å². The van der Waals surface area contributed by atoms with Gasteiger partial charge in [0.05, 0.1) is 19.6 Å². The van der Waals surface area contributed by atoms with E-state index in [1.807, 2.05) is 6.92 Å². The summed E-state index contributed by atoms with van der Waals surface area (Å²) in [6.07, 6.45) is 1.45. The van der Waals surface area contributed by atoms with Crippen LogP contribution >= 0.6 is 0 Å². The van der Waals surface area contributed by atoms with Crippen LogP contribution in [-0.4, -0.2) is 39.2 Å². The van der Waals surface area contributed by atoms with Crippen LogP contribution in [0.25, 0.3) is 11.1 Å². The topological polar surface area (TPSA) is 134 Å². The predicted octanol–water partition coefficient (Wildman–Crippen LogP) is 4.78. The van der Waals surface area contributed by atoms with Gasteiger partial charge in [0.2, 0.25) is 10.0 Å². The maximum Gasteiger partial charge on any atom is 0.319 e. The van der Waals surface area contributed by atoms with Gasteiger partial charge in [0.15, 0.2) is 0 Å². The van der Waals surface area contributed by atoms with Crippen LogP contribution in [0.4, 0.5) is 10.5 Å². The lowest BCUT2D eigenvalue weighted by atomic mass is 10.1. The number of hydrogen-bond acceptors (Lipinski definition) is 5. The highest BCUT2D eigenvalue weighted by Crippen LogP contribution is 2.32. The summed E-state index contributed by atoms with van der Waals surface area (Å²) in [6, 6.07) is 19.0. The van der Waals surface area contributed by atoms with E-state index < -0.39 is 28.5 Å². The van der Waals surface area contributed by atoms with Gasteiger partial charge in [0.25, 0.3) is 0 Å². The summed E-state index contributed by atoms with van der Waals surface area (Å²) >= 11 is 0. The van der Waals surface area contributed by atoms with Crippen molar-refractivity contribution in [1.29, 1.82) is 0 Å². The molecule has 0 heterocycles. The first kappa shape index (κ1) is 27.7. The van der Waals surface area contributed by atoms with Crippen molar-refractivity contribution < 1.29 is 27.9 Å². The Labute approximate surface area is 216 Å². The zero-order chi connectivity index (χ0) is 26.8. The largest absolute Gasteiger partial charge is 0.495 e. The van der Waals surface area contributed by atoms with Crippen molar-refractivity contribution in [1.82, 2.24) is 10.0 Å². The van der Waals surface area contributed by atoms with Crippen molar-refractivity contribution in [3.05, 3.63) is 78.4 Å². The van der Waals surface area contributed by atoms with E-state index in [0.717, 1.165) is 18.4 Å². The number of anilines is 1. The van der Waals surface area contributed by atoms with Gasteiger partial charge in [-0.25, -0.2) is 17.9 Å². The lowest BCUT2D eigenvalue weighted by Gasteiger charge is -2.19. The molecule has 0 radical (unpaired) electrons. The Balaban J connectivity index is 1.85. The fourth-order valence-electron chi connectivity index (χ4n) is 3.70. The molecule has 196 valence electrons. The first-order chi connectivity index (χ1) is 17.7. The number of hydrogen-bond donors (Lipinski definition) is 4. The van der Waals surface area contributed by atoms with Crippen molar-refractivity contribution >= 4 is 27.7 Å². The number of benzene rings is 3. The minimum absolute atomic E-state index is 0.115. The molecule has 3 aromatic carbocycles. The van der Waals surface area contributed by atoms with Crippen molar-refractivity contribution in [3.63, 3.8) is 0 Å². The van der Waals surface area contributed by atoms with Crippen molar-refractivity contribution in [3.8, 4) is 16.9 Å². The second kappa shape index (κ2) is 12.9. The molecule has 0 aromatic heterocycles. The van der Waals surface area contributed by atoms with Gasteiger partial charge in [0.1, 0.15) is 10.6 Å². The molecule has 3 aromatic rings. The normalized spacial score (nSPS) is 11.9. The Hall–Kier alpha value is -3.89. The number of carbonyl (C=O) groups excluding carboxylic acids is 1. The van der Waals surface area contributed by atoms with Crippen LogP contribution < -0.4 is 20.1 Å². The molecule has 0 spiro atoms. The number of nitrogens with one attached hydrogen (secondary N) is 3. The van der Waals surface area contributed by atoms with Gasteiger partial charge in [0, 0.05) is 12.2 Å². The minimum Gasteiger partial charge on any atom is -0.495 e. The number of carbonyl (C=O) groups is 2. The van der Waals surface area contributed by atoms with Gasteiger partial charge in [-0.15, -0.1) is 0 Å². The molecular weight excluding hydrogens is 494 g/mol. The van der Waals surface area contributed by atoms with Crippen molar-refractivity contribution in [2.45, 2.75) is 37.1 Å². The highest BCUT2D eigenvalue weighted by molar-refractivity contribution is 7.89. The first-order valence-electron chi connectivity index (χ1n) is 11.9. The lowest BCUT2D eigenvalue weighted by Crippen LogP contribution is -2.30. The number of sulfonamides is 1. The van der Waals surface area contributed by atoms with Gasteiger partial charge in [-0.1, -0.05) is 61.9 Å². The van der Waals surface area contributed by atoms with Crippen LogP contribution in [0, 0.1) is 0 Å². The summed E-state index contributed by atoms with van der Waals surface area (Å²) in [5.41, 5.74) is 2.46. The maximum atomic E-state index is 13.4. The number of methoxy groups -OCH3 is 1. The molecule has 0 bridgehead atoms. The zero-order valence-electron chi connectivity index (χ0n) is 20.7. The standard InChI is InChI=1S/C27H31N3O6S/c1-3-4-16-28-27(33)29-22-13-10-19(11-14-22)21-12-15-24(36-2)25(17-21)37(34,35)30-23(18-26(31)32)20-8-6-5-7-9-20/h5-15,17,23,30H,3-4,16,18H2,1-2H3,(H,31,32)(H2,28,29,33). The summed E-state index contributed by atoms with van der Waals surface area (Å²) in [7, 11) is -2.80. The van der Waals surface area contributed by atoms with Crippen molar-refractivity contribution in [2.24, 2.45) is 0 Å². The molecule has 1 unspecified atom stereocenters. The Kier molecular flexibility index (Phi) is 9.64. The molecule has 0 saturated heterocycles. The SMILES string of the molecule is CCCCNC(=O)Nc1ccc(-c2ccc(OC)c(S(=O)(=O)NC(CC(=O)O)c3ccccc3)c2)cc1. The van der Waals surface area contributed by atoms with E-state index in [4.69, 9.17) is 4.74 Å². The molecule has 0 aliphatic carbocycles. The maximum absolute atomic E-state index is 13.4. The van der Waals surface area contributed by atoms with E-state index in [2.05, 4.69) is 15.4 Å². The monoisotopic (exact) mass is 525 g/mol. The number of unbranched alkanes of at least 4 members (excludes halogenated alkanes) is 1. The highest BCUT2D eigenvalue weighted by Gasteiger charge is 2.26. The van der Waals surface area contributed by atoms with E-state index in [1.54, 1.807) is 66.7 Å². The number of carboxylic acid groups (broad SMARTS) is 1. The number of rotatable bonds is 12. The quantitative estimate of drug-likeness (QED) is 0.252. The molecule has 37 heavy (non-hydrogen) atoms. The Morgan fingerprint density at radius 1 is 0.973 bits per heavy atom. The average Bonchev–Trinajstić information content (AvgIpc) is 2.88. The fourth-order valence-corrected chi connectivity index (χ4v) is 5.12. The van der Waals surface area contributed by atoms with Crippen LogP contribution in [0.1, 0.15) is 37.8 Å². The van der Waals surface area contributed by atoms with E-state index in [-0.39, 0.29) is 16.7 Å². The van der Waals surface area contributed by atoms with Crippen LogP contribution in [-0.2, 0) is 14.8 Å². The second-order valence-corrected chi connectivity index (χ2v) is 10.0. The first-order valence-corrected chi connectivity index (χ1v) is 13.3. The van der Waals surface area contributed by atoms with Crippen LogP contribution in [0.5, 0.6) is 5.75 Å². The van der Waals surface area contributed by atoms with Gasteiger partial charge in [-0.3, -0.25) is 4.79 Å². The highest BCUT2D eigenvalue weighted by atomic mass is 32.2. The molecule has 10 heteroatoms. The number of urea groups is 1. The van der Waals surface area contributed by atoms with Gasteiger partial charge >= 0.3 is 12.0 Å². The van der Waals surface area contributed by atoms with E-state index in [9.17, 15) is 23.1 Å². The summed E-state index contributed by atoms with van der Waals surface area (Å²) < 4.78 is 34.6. The molecule has 2 amide bonds. The Morgan fingerprint density at radius 2 is 1.65 bits per heavy atom. The molecule has 0 fully saturated rings. The van der Waals surface area contributed by atoms with E-state index in [0.29, 0.717) is 23.4 Å². The fraction of sp³-hybridized carbons (Fsp3) is 0.259. The van der Waals surface area contributed by atoms with E-state index in [1.165, 1.54) is 13.2 Å². The molecule has 4 N–H and O–H groups in total. The summed E-state index contributed by atoms with van der Waals surface area (Å²) in [5.74, 6) is -1.01. The molecule has 1 atom stereocenters. The predicted molar refractivity (Wildman–Crippen MR) is 142 cm³/mol.